The molecule has 0 spiro atoms. The van der Waals surface area contributed by atoms with Crippen LogP contribution in [-0.4, -0.2) is 30.4 Å². The molecule has 2 amide bonds. The van der Waals surface area contributed by atoms with E-state index in [2.05, 4.69) is 10.6 Å². The Balaban J connectivity index is 1.48. The second-order valence-corrected chi connectivity index (χ2v) is 6.64. The Kier molecular flexibility index (Phi) is 5.32. The molecular formula is C16H20N2O4S. The average Bonchev–Trinajstić information content (AvgIpc) is 3.25. The van der Waals surface area contributed by atoms with Crippen molar-refractivity contribution in [3.63, 3.8) is 0 Å². The van der Waals surface area contributed by atoms with Crippen molar-refractivity contribution in [3.8, 4) is 0 Å². The highest BCUT2D eigenvalue weighted by molar-refractivity contribution is 7.12. The zero-order chi connectivity index (χ0) is 16.1. The molecule has 1 aliphatic rings. The number of urea groups is 1. The van der Waals surface area contributed by atoms with Crippen LogP contribution in [-0.2, 0) is 11.3 Å². The summed E-state index contributed by atoms with van der Waals surface area (Å²) in [6, 6.07) is 7.26. The summed E-state index contributed by atoms with van der Waals surface area (Å²) in [5, 5.41) is 16.0. The fraction of sp³-hybridized carbons (Fsp3) is 0.438. The van der Waals surface area contributed by atoms with Gasteiger partial charge in [0.05, 0.1) is 12.8 Å². The highest BCUT2D eigenvalue weighted by Gasteiger charge is 2.17. The van der Waals surface area contributed by atoms with Gasteiger partial charge in [-0.05, 0) is 37.1 Å². The van der Waals surface area contributed by atoms with Crippen molar-refractivity contribution < 1.29 is 19.1 Å². The summed E-state index contributed by atoms with van der Waals surface area (Å²) in [5.74, 6) is 0.517. The van der Waals surface area contributed by atoms with Crippen LogP contribution < -0.4 is 10.6 Å². The third-order valence-corrected chi connectivity index (χ3v) is 4.88. The maximum absolute atomic E-state index is 11.9. The van der Waals surface area contributed by atoms with Crippen molar-refractivity contribution >= 4 is 17.4 Å². The molecule has 3 heterocycles. The number of carbonyl (C=O) groups excluding carboxylic acids is 1. The number of hydrogen-bond acceptors (Lipinski definition) is 5. The fourth-order valence-electron chi connectivity index (χ4n) is 2.47. The van der Waals surface area contributed by atoms with Gasteiger partial charge in [0.15, 0.2) is 0 Å². The van der Waals surface area contributed by atoms with E-state index < -0.39 is 6.10 Å². The lowest BCUT2D eigenvalue weighted by Gasteiger charge is -2.23. The summed E-state index contributed by atoms with van der Waals surface area (Å²) in [6.07, 6.45) is 2.48. The van der Waals surface area contributed by atoms with Crippen molar-refractivity contribution in [2.45, 2.75) is 31.5 Å². The molecule has 2 aromatic rings. The number of thiophene rings is 1. The number of rotatable bonds is 5. The number of hydrogen-bond donors (Lipinski definition) is 3. The first-order chi connectivity index (χ1) is 11.2. The Morgan fingerprint density at radius 2 is 2.17 bits per heavy atom. The molecule has 0 bridgehead atoms. The zero-order valence-corrected chi connectivity index (χ0v) is 13.5. The van der Waals surface area contributed by atoms with Gasteiger partial charge in [-0.15, -0.1) is 11.3 Å². The van der Waals surface area contributed by atoms with Gasteiger partial charge in [-0.25, -0.2) is 4.79 Å². The van der Waals surface area contributed by atoms with E-state index in [1.165, 1.54) is 17.6 Å². The number of nitrogens with one attached hydrogen (secondary N) is 2. The van der Waals surface area contributed by atoms with E-state index in [9.17, 15) is 9.90 Å². The molecule has 0 saturated carbocycles. The van der Waals surface area contributed by atoms with Gasteiger partial charge in [0.25, 0.3) is 0 Å². The van der Waals surface area contributed by atoms with Crippen molar-refractivity contribution in [3.05, 3.63) is 46.0 Å². The Morgan fingerprint density at radius 3 is 2.91 bits per heavy atom. The molecule has 124 valence electrons. The van der Waals surface area contributed by atoms with Gasteiger partial charge in [0.1, 0.15) is 11.9 Å². The smallest absolute Gasteiger partial charge is 0.315 e. The van der Waals surface area contributed by atoms with Gasteiger partial charge in [-0.1, -0.05) is 0 Å². The summed E-state index contributed by atoms with van der Waals surface area (Å²) >= 11 is 1.45. The molecule has 2 aromatic heterocycles. The van der Waals surface area contributed by atoms with Crippen molar-refractivity contribution in [1.82, 2.24) is 10.6 Å². The van der Waals surface area contributed by atoms with E-state index in [0.717, 1.165) is 22.6 Å². The number of aliphatic hydroxyl groups is 1. The maximum atomic E-state index is 11.9. The first-order valence-corrected chi connectivity index (χ1v) is 8.46. The molecule has 3 N–H and O–H groups in total. The van der Waals surface area contributed by atoms with Crippen LogP contribution in [0.4, 0.5) is 4.79 Å². The lowest BCUT2D eigenvalue weighted by atomic mass is 10.1. The lowest BCUT2D eigenvalue weighted by molar-refractivity contribution is 0.0801. The van der Waals surface area contributed by atoms with E-state index >= 15 is 0 Å². The number of ether oxygens (including phenoxy) is 1. The molecule has 1 fully saturated rings. The predicted molar refractivity (Wildman–Crippen MR) is 86.3 cm³/mol. The van der Waals surface area contributed by atoms with Gasteiger partial charge in [0.2, 0.25) is 0 Å². The zero-order valence-electron chi connectivity index (χ0n) is 12.7. The Labute approximate surface area is 138 Å². The molecule has 23 heavy (non-hydrogen) atoms. The largest absolute Gasteiger partial charge is 0.466 e. The third-order valence-electron chi connectivity index (χ3n) is 3.74. The van der Waals surface area contributed by atoms with E-state index in [1.807, 2.05) is 12.1 Å². The summed E-state index contributed by atoms with van der Waals surface area (Å²) in [4.78, 5) is 13.7. The quantitative estimate of drug-likeness (QED) is 0.783. The summed E-state index contributed by atoms with van der Waals surface area (Å²) in [6.45, 7) is 1.83. The van der Waals surface area contributed by atoms with Crippen LogP contribution in [0.5, 0.6) is 0 Å². The summed E-state index contributed by atoms with van der Waals surface area (Å²) in [7, 11) is 0. The minimum Gasteiger partial charge on any atom is -0.466 e. The standard InChI is InChI=1S/C16H20N2O4S/c19-15(13-2-1-7-22-13)14-4-3-12(23-14)10-17-16(20)18-11-5-8-21-9-6-11/h1-4,7,11,15,19H,5-6,8-10H2,(H2,17,18,20)/t15-/m1/s1. The molecule has 1 saturated heterocycles. The lowest BCUT2D eigenvalue weighted by Crippen LogP contribution is -2.44. The van der Waals surface area contributed by atoms with Gasteiger partial charge < -0.3 is 24.9 Å². The number of amides is 2. The van der Waals surface area contributed by atoms with Crippen LogP contribution in [0, 0.1) is 0 Å². The van der Waals surface area contributed by atoms with E-state index in [1.54, 1.807) is 12.1 Å². The third kappa shape index (κ3) is 4.34. The average molecular weight is 336 g/mol. The maximum Gasteiger partial charge on any atom is 0.315 e. The number of aliphatic hydroxyl groups excluding tert-OH is 1. The molecule has 7 heteroatoms. The van der Waals surface area contributed by atoms with Crippen molar-refractivity contribution in [1.29, 1.82) is 0 Å². The first kappa shape index (κ1) is 16.0. The number of carbonyl (C=O) groups is 1. The van der Waals surface area contributed by atoms with E-state index in [-0.39, 0.29) is 12.1 Å². The van der Waals surface area contributed by atoms with Crippen molar-refractivity contribution in [2.24, 2.45) is 0 Å². The molecule has 0 aromatic carbocycles. The normalized spacial score (nSPS) is 16.9. The van der Waals surface area contributed by atoms with Gasteiger partial charge in [-0.2, -0.15) is 0 Å². The molecule has 1 aliphatic heterocycles. The molecule has 0 aliphatic carbocycles. The molecule has 0 unspecified atom stereocenters. The van der Waals surface area contributed by atoms with Crippen molar-refractivity contribution in [2.75, 3.05) is 13.2 Å². The monoisotopic (exact) mass is 336 g/mol. The topological polar surface area (TPSA) is 83.7 Å². The van der Waals surface area contributed by atoms with Crippen LogP contribution in [0.15, 0.2) is 34.9 Å². The Hall–Kier alpha value is -1.83. The predicted octanol–water partition coefficient (Wildman–Crippen LogP) is 2.40. The fourth-order valence-corrected chi connectivity index (χ4v) is 3.42. The summed E-state index contributed by atoms with van der Waals surface area (Å²) < 4.78 is 10.5. The Morgan fingerprint density at radius 1 is 1.35 bits per heavy atom. The molecule has 6 nitrogen and oxygen atoms in total. The SMILES string of the molecule is O=C(NCc1ccc([C@H](O)c2ccco2)s1)NC1CCOCC1. The van der Waals surface area contributed by atoms with E-state index in [0.29, 0.717) is 25.5 Å². The first-order valence-electron chi connectivity index (χ1n) is 7.64. The van der Waals surface area contributed by atoms with Gasteiger partial charge in [0, 0.05) is 29.0 Å². The summed E-state index contributed by atoms with van der Waals surface area (Å²) in [5.41, 5.74) is 0. The van der Waals surface area contributed by atoms with Gasteiger partial charge >= 0.3 is 6.03 Å². The van der Waals surface area contributed by atoms with Crippen LogP contribution in [0.1, 0.15) is 34.5 Å². The van der Waals surface area contributed by atoms with Gasteiger partial charge in [-0.3, -0.25) is 0 Å². The number of furan rings is 1. The molecule has 0 radical (unpaired) electrons. The second kappa shape index (κ2) is 7.63. The minimum atomic E-state index is -0.764. The highest BCUT2D eigenvalue weighted by atomic mass is 32.1. The van der Waals surface area contributed by atoms with Crippen LogP contribution in [0.2, 0.25) is 0 Å². The minimum absolute atomic E-state index is 0.168. The molecule has 1 atom stereocenters. The van der Waals surface area contributed by atoms with Crippen LogP contribution in [0.25, 0.3) is 0 Å². The highest BCUT2D eigenvalue weighted by Crippen LogP contribution is 2.28. The second-order valence-electron chi connectivity index (χ2n) is 5.44. The van der Waals surface area contributed by atoms with Crippen LogP contribution >= 0.6 is 11.3 Å². The molecular weight excluding hydrogens is 316 g/mol. The van der Waals surface area contributed by atoms with E-state index in [4.69, 9.17) is 9.15 Å². The Bertz CT molecular complexity index is 620. The van der Waals surface area contributed by atoms with Crippen LogP contribution in [0.3, 0.4) is 0 Å². The molecule has 3 rings (SSSR count).